The molecule has 0 spiro atoms. The van der Waals surface area contributed by atoms with Gasteiger partial charge in [0, 0.05) is 6.61 Å². The first-order chi connectivity index (χ1) is 9.03. The van der Waals surface area contributed by atoms with Gasteiger partial charge in [-0.25, -0.2) is 5.43 Å². The van der Waals surface area contributed by atoms with Gasteiger partial charge in [0.25, 0.3) is 0 Å². The van der Waals surface area contributed by atoms with Crippen molar-refractivity contribution >= 4 is 0 Å². The number of hydrogen-bond acceptors (Lipinski definition) is 4. The van der Waals surface area contributed by atoms with Gasteiger partial charge in [0.1, 0.15) is 11.8 Å². The molecule has 1 unspecified atom stereocenters. The average molecular weight is 266 g/mol. The van der Waals surface area contributed by atoms with Gasteiger partial charge in [-0.2, -0.15) is 0 Å². The highest BCUT2D eigenvalue weighted by Crippen LogP contribution is 2.47. The van der Waals surface area contributed by atoms with Crippen LogP contribution in [0.15, 0.2) is 22.8 Å². The molecule has 19 heavy (non-hydrogen) atoms. The lowest BCUT2D eigenvalue weighted by atomic mass is 9.68. The fourth-order valence-corrected chi connectivity index (χ4v) is 3.10. The second-order valence-electron chi connectivity index (χ2n) is 6.28. The predicted molar refractivity (Wildman–Crippen MR) is 75.4 cm³/mol. The van der Waals surface area contributed by atoms with Crippen LogP contribution in [0.5, 0.6) is 0 Å². The Bertz CT molecular complexity index is 377. The number of nitrogens with one attached hydrogen (secondary N) is 1. The Balaban J connectivity index is 2.23. The van der Waals surface area contributed by atoms with Crippen molar-refractivity contribution in [1.82, 2.24) is 5.43 Å². The monoisotopic (exact) mass is 266 g/mol. The van der Waals surface area contributed by atoms with E-state index in [2.05, 4.69) is 19.3 Å². The van der Waals surface area contributed by atoms with Crippen molar-refractivity contribution in [2.75, 3.05) is 6.61 Å². The highest BCUT2D eigenvalue weighted by Gasteiger charge is 2.46. The van der Waals surface area contributed by atoms with E-state index in [1.54, 1.807) is 6.26 Å². The van der Waals surface area contributed by atoms with Gasteiger partial charge in [0.05, 0.1) is 11.9 Å². The van der Waals surface area contributed by atoms with E-state index in [9.17, 15) is 0 Å². The van der Waals surface area contributed by atoms with Gasteiger partial charge >= 0.3 is 0 Å². The van der Waals surface area contributed by atoms with Crippen LogP contribution in [0.4, 0.5) is 0 Å². The highest BCUT2D eigenvalue weighted by molar-refractivity contribution is 5.12. The number of hydrogen-bond donors (Lipinski definition) is 2. The Morgan fingerprint density at radius 2 is 2.05 bits per heavy atom. The third-order valence-electron chi connectivity index (χ3n) is 4.40. The van der Waals surface area contributed by atoms with Gasteiger partial charge in [-0.3, -0.25) is 5.84 Å². The summed E-state index contributed by atoms with van der Waals surface area (Å²) in [6, 6.07) is 3.77. The summed E-state index contributed by atoms with van der Waals surface area (Å²) in [5, 5.41) is 0. The molecule has 1 atom stereocenters. The van der Waals surface area contributed by atoms with Crippen LogP contribution >= 0.6 is 0 Å². The molecule has 1 heterocycles. The Kier molecular flexibility index (Phi) is 4.33. The van der Waals surface area contributed by atoms with Crippen LogP contribution in [-0.4, -0.2) is 12.2 Å². The Morgan fingerprint density at radius 3 is 2.53 bits per heavy atom. The lowest BCUT2D eigenvalue weighted by Gasteiger charge is -2.46. The minimum absolute atomic E-state index is 0.0847. The standard InChI is InChI=1S/C15H26N2O2/c1-4-19-15(9-7-14(2,3)8-10-15)13(17-16)12-6-5-11-18-12/h5-6,11,13,17H,4,7-10,16H2,1-3H3. The largest absolute Gasteiger partial charge is 0.468 e. The molecule has 1 aromatic rings. The van der Waals surface area contributed by atoms with Crippen LogP contribution < -0.4 is 11.3 Å². The fraction of sp³-hybridized carbons (Fsp3) is 0.733. The van der Waals surface area contributed by atoms with Crippen LogP contribution in [-0.2, 0) is 4.74 Å². The first-order valence-electron chi connectivity index (χ1n) is 7.16. The SMILES string of the molecule is CCOC1(C(NN)c2ccco2)CCC(C)(C)CC1. The van der Waals surface area contributed by atoms with Crippen molar-refractivity contribution in [3.05, 3.63) is 24.2 Å². The van der Waals surface area contributed by atoms with Crippen LogP contribution in [0, 0.1) is 5.41 Å². The second kappa shape index (κ2) is 5.65. The maximum atomic E-state index is 6.14. The van der Waals surface area contributed by atoms with E-state index in [4.69, 9.17) is 15.0 Å². The van der Waals surface area contributed by atoms with Crippen molar-refractivity contribution < 1.29 is 9.15 Å². The van der Waals surface area contributed by atoms with Crippen molar-refractivity contribution in [2.24, 2.45) is 11.3 Å². The molecule has 1 saturated carbocycles. The molecule has 3 N–H and O–H groups in total. The van der Waals surface area contributed by atoms with Crippen LogP contribution in [0.25, 0.3) is 0 Å². The van der Waals surface area contributed by atoms with Crippen molar-refractivity contribution in [2.45, 2.75) is 58.1 Å². The summed E-state index contributed by atoms with van der Waals surface area (Å²) in [5.74, 6) is 6.64. The first-order valence-corrected chi connectivity index (χ1v) is 7.16. The maximum absolute atomic E-state index is 6.14. The second-order valence-corrected chi connectivity index (χ2v) is 6.28. The number of rotatable bonds is 5. The van der Waals surface area contributed by atoms with E-state index in [0.29, 0.717) is 12.0 Å². The number of furan rings is 1. The van der Waals surface area contributed by atoms with Gasteiger partial charge < -0.3 is 9.15 Å². The summed E-state index contributed by atoms with van der Waals surface area (Å²) in [6.07, 6.45) is 5.98. The quantitative estimate of drug-likeness (QED) is 0.635. The van der Waals surface area contributed by atoms with Crippen molar-refractivity contribution in [3.8, 4) is 0 Å². The molecule has 1 aromatic heterocycles. The maximum Gasteiger partial charge on any atom is 0.124 e. The van der Waals surface area contributed by atoms with Gasteiger partial charge in [0.2, 0.25) is 0 Å². The summed E-state index contributed by atoms with van der Waals surface area (Å²) < 4.78 is 11.7. The summed E-state index contributed by atoms with van der Waals surface area (Å²) in [5.41, 5.74) is 3.05. The van der Waals surface area contributed by atoms with Crippen LogP contribution in [0.3, 0.4) is 0 Å². The van der Waals surface area contributed by atoms with E-state index >= 15 is 0 Å². The molecule has 1 aliphatic rings. The van der Waals surface area contributed by atoms with Crippen LogP contribution in [0.2, 0.25) is 0 Å². The van der Waals surface area contributed by atoms with Gasteiger partial charge in [-0.1, -0.05) is 13.8 Å². The third-order valence-corrected chi connectivity index (χ3v) is 4.40. The normalized spacial score (nSPS) is 23.2. The first kappa shape index (κ1) is 14.6. The van der Waals surface area contributed by atoms with E-state index in [0.717, 1.165) is 31.4 Å². The van der Waals surface area contributed by atoms with Crippen molar-refractivity contribution in [1.29, 1.82) is 0 Å². The predicted octanol–water partition coefficient (Wildman–Crippen LogP) is 3.16. The van der Waals surface area contributed by atoms with Crippen molar-refractivity contribution in [3.63, 3.8) is 0 Å². The fourth-order valence-electron chi connectivity index (χ4n) is 3.10. The zero-order valence-electron chi connectivity index (χ0n) is 12.2. The molecule has 0 amide bonds. The zero-order valence-corrected chi connectivity index (χ0v) is 12.2. The molecular weight excluding hydrogens is 240 g/mol. The van der Waals surface area contributed by atoms with E-state index < -0.39 is 0 Å². The highest BCUT2D eigenvalue weighted by atomic mass is 16.5. The van der Waals surface area contributed by atoms with E-state index in [1.807, 2.05) is 19.1 Å². The molecule has 1 aliphatic carbocycles. The van der Waals surface area contributed by atoms with Gasteiger partial charge in [-0.05, 0) is 50.2 Å². The molecule has 0 bridgehead atoms. The molecule has 4 nitrogen and oxygen atoms in total. The summed E-state index contributed by atoms with van der Waals surface area (Å²) in [4.78, 5) is 0. The smallest absolute Gasteiger partial charge is 0.124 e. The van der Waals surface area contributed by atoms with E-state index in [1.165, 1.54) is 0 Å². The minimum atomic E-state index is -0.253. The number of nitrogens with two attached hydrogens (primary N) is 1. The molecule has 0 saturated heterocycles. The number of ether oxygens (including phenoxy) is 1. The summed E-state index contributed by atoms with van der Waals surface area (Å²) >= 11 is 0. The summed E-state index contributed by atoms with van der Waals surface area (Å²) in [7, 11) is 0. The topological polar surface area (TPSA) is 60.4 Å². The minimum Gasteiger partial charge on any atom is -0.468 e. The molecule has 1 fully saturated rings. The molecular formula is C15H26N2O2. The molecule has 4 heteroatoms. The lowest BCUT2D eigenvalue weighted by Crippen LogP contribution is -2.51. The lowest BCUT2D eigenvalue weighted by molar-refractivity contribution is -0.111. The molecule has 108 valence electrons. The Morgan fingerprint density at radius 1 is 1.37 bits per heavy atom. The Labute approximate surface area is 115 Å². The zero-order chi connectivity index (χ0) is 13.9. The molecule has 0 radical (unpaired) electrons. The molecule has 0 aromatic carbocycles. The average Bonchev–Trinajstić information content (AvgIpc) is 2.88. The molecule has 2 rings (SSSR count). The number of hydrazine groups is 1. The third kappa shape index (κ3) is 3.02. The Hall–Kier alpha value is -0.840. The van der Waals surface area contributed by atoms with Gasteiger partial charge in [0.15, 0.2) is 0 Å². The van der Waals surface area contributed by atoms with E-state index in [-0.39, 0.29) is 11.6 Å². The summed E-state index contributed by atoms with van der Waals surface area (Å²) in [6.45, 7) is 7.37. The molecule has 0 aliphatic heterocycles. The van der Waals surface area contributed by atoms with Crippen LogP contribution in [0.1, 0.15) is 58.3 Å². The van der Waals surface area contributed by atoms with Gasteiger partial charge in [-0.15, -0.1) is 0 Å².